The van der Waals surface area contributed by atoms with Gasteiger partial charge in [0.1, 0.15) is 23.7 Å². The van der Waals surface area contributed by atoms with Gasteiger partial charge in [-0.2, -0.15) is 9.97 Å². The van der Waals surface area contributed by atoms with E-state index in [1.165, 1.54) is 11.0 Å². The molecule has 2 fully saturated rings. The van der Waals surface area contributed by atoms with Crippen LogP contribution in [0.15, 0.2) is 42.5 Å². The molecule has 2 saturated heterocycles. The minimum absolute atomic E-state index is 0.00588. The van der Waals surface area contributed by atoms with Crippen LogP contribution in [0.5, 0.6) is 11.8 Å². The molecule has 1 amide bonds. The highest BCUT2D eigenvalue weighted by Crippen LogP contribution is 2.42. The molecule has 208 valence electrons. The Hall–Kier alpha value is -3.89. The van der Waals surface area contributed by atoms with Gasteiger partial charge in [0.25, 0.3) is 0 Å². The van der Waals surface area contributed by atoms with Crippen LogP contribution in [0.3, 0.4) is 0 Å². The second kappa shape index (κ2) is 10.6. The number of halogens is 2. The molecule has 4 aromatic rings. The largest absolute Gasteiger partial charge is 0.508 e. The van der Waals surface area contributed by atoms with Gasteiger partial charge in [-0.05, 0) is 61.0 Å². The van der Waals surface area contributed by atoms with Crippen molar-refractivity contribution in [3.63, 3.8) is 0 Å². The fourth-order valence-electron chi connectivity index (χ4n) is 5.68. The second-order valence-electron chi connectivity index (χ2n) is 10.3. The van der Waals surface area contributed by atoms with Gasteiger partial charge in [0.2, 0.25) is 0 Å². The molecule has 9 nitrogen and oxygen atoms in total. The standard InChI is InChI=1S/C29H29ClFN5O4/c1-34-8-4-6-18(34)16-40-28-32-26-22(27(33-28)35-9-11-36(12-10-35)29(38)39)15-23(30)24(25(26)31)21-14-19(37)13-17-5-2-3-7-20(17)21/h2-3,5,7,13-15,18,37H,4,6,8-12,16H2,1H3,(H,38,39)/t18-/m0/s1. The number of fused-ring (bicyclic) bond motifs is 2. The third kappa shape index (κ3) is 4.82. The topological polar surface area (TPSA) is 102 Å². The van der Waals surface area contributed by atoms with Gasteiger partial charge < -0.3 is 29.6 Å². The fraction of sp³-hybridized carbons (Fsp3) is 0.345. The number of nitrogens with zero attached hydrogens (tertiary/aromatic N) is 5. The number of likely N-dealkylation sites (tertiary alicyclic amines) is 1. The molecule has 0 spiro atoms. The van der Waals surface area contributed by atoms with E-state index >= 15 is 4.39 Å². The maximum absolute atomic E-state index is 16.5. The second-order valence-corrected chi connectivity index (χ2v) is 10.7. The number of aromatic nitrogens is 2. The maximum Gasteiger partial charge on any atom is 0.407 e. The minimum atomic E-state index is -0.978. The van der Waals surface area contributed by atoms with E-state index in [0.29, 0.717) is 36.5 Å². The molecular weight excluding hydrogens is 537 g/mol. The molecule has 2 aliphatic heterocycles. The number of phenols is 1. The first-order valence-corrected chi connectivity index (χ1v) is 13.7. The van der Waals surface area contributed by atoms with Crippen LogP contribution in [-0.4, -0.2) is 88.5 Å². The molecule has 0 bridgehead atoms. The number of phenolic OH excluding ortho intramolecular Hbond substituents is 1. The van der Waals surface area contributed by atoms with E-state index in [9.17, 15) is 15.0 Å². The van der Waals surface area contributed by atoms with Gasteiger partial charge in [-0.15, -0.1) is 0 Å². The van der Waals surface area contributed by atoms with Crippen LogP contribution >= 0.6 is 11.6 Å². The SMILES string of the molecule is CN1CCC[C@H]1COc1nc(N2CCN(C(=O)O)CC2)c2cc(Cl)c(-c3cc(O)cc4ccccc34)c(F)c2n1. The van der Waals surface area contributed by atoms with E-state index in [2.05, 4.69) is 14.9 Å². The highest BCUT2D eigenvalue weighted by atomic mass is 35.5. The summed E-state index contributed by atoms with van der Waals surface area (Å²) in [4.78, 5) is 26.1. The Morgan fingerprint density at radius 2 is 1.88 bits per heavy atom. The monoisotopic (exact) mass is 565 g/mol. The molecule has 0 radical (unpaired) electrons. The van der Waals surface area contributed by atoms with Crippen molar-refractivity contribution in [1.82, 2.24) is 19.8 Å². The summed E-state index contributed by atoms with van der Waals surface area (Å²) in [5, 5.41) is 21.8. The first-order valence-electron chi connectivity index (χ1n) is 13.3. The average Bonchev–Trinajstić information content (AvgIpc) is 3.36. The lowest BCUT2D eigenvalue weighted by atomic mass is 9.96. The van der Waals surface area contributed by atoms with Crippen LogP contribution in [0.1, 0.15) is 12.8 Å². The van der Waals surface area contributed by atoms with Crippen molar-refractivity contribution in [2.75, 3.05) is 51.3 Å². The summed E-state index contributed by atoms with van der Waals surface area (Å²) in [6.45, 7) is 2.68. The number of amides is 1. The van der Waals surface area contributed by atoms with E-state index < -0.39 is 11.9 Å². The summed E-state index contributed by atoms with van der Waals surface area (Å²) in [7, 11) is 2.04. The molecule has 2 aliphatic rings. The summed E-state index contributed by atoms with van der Waals surface area (Å²) >= 11 is 6.76. The molecule has 11 heteroatoms. The molecule has 40 heavy (non-hydrogen) atoms. The zero-order valence-corrected chi connectivity index (χ0v) is 22.7. The molecular formula is C29H29ClFN5O4. The molecule has 1 atom stereocenters. The van der Waals surface area contributed by atoms with E-state index in [-0.39, 0.29) is 47.0 Å². The van der Waals surface area contributed by atoms with Gasteiger partial charge >= 0.3 is 12.1 Å². The number of rotatable bonds is 5. The number of benzene rings is 3. The normalized spacial score (nSPS) is 18.1. The van der Waals surface area contributed by atoms with E-state index in [4.69, 9.17) is 16.3 Å². The van der Waals surface area contributed by atoms with Crippen molar-refractivity contribution in [2.24, 2.45) is 0 Å². The Balaban J connectivity index is 1.49. The number of ether oxygens (including phenoxy) is 1. The Kier molecular flexibility index (Phi) is 6.97. The van der Waals surface area contributed by atoms with E-state index in [1.807, 2.05) is 36.2 Å². The van der Waals surface area contributed by atoms with E-state index in [0.717, 1.165) is 30.2 Å². The minimum Gasteiger partial charge on any atom is -0.508 e. The van der Waals surface area contributed by atoms with Gasteiger partial charge in [0, 0.05) is 43.2 Å². The van der Waals surface area contributed by atoms with Crippen LogP contribution in [0.25, 0.3) is 32.8 Å². The number of piperazine rings is 1. The quantitative estimate of drug-likeness (QED) is 0.339. The van der Waals surface area contributed by atoms with Gasteiger partial charge in [-0.3, -0.25) is 0 Å². The zero-order valence-electron chi connectivity index (χ0n) is 22.0. The number of aromatic hydroxyl groups is 1. The number of carbonyl (C=O) groups is 1. The number of carboxylic acid groups (broad SMARTS) is 1. The lowest BCUT2D eigenvalue weighted by Gasteiger charge is -2.34. The van der Waals surface area contributed by atoms with Crippen molar-refractivity contribution < 1.29 is 24.1 Å². The zero-order chi connectivity index (χ0) is 28.0. The predicted octanol–water partition coefficient (Wildman–Crippen LogP) is 5.22. The highest BCUT2D eigenvalue weighted by Gasteiger charge is 2.28. The Labute approximate surface area is 235 Å². The first kappa shape index (κ1) is 26.3. The average molecular weight is 566 g/mol. The summed E-state index contributed by atoms with van der Waals surface area (Å²) in [5.41, 5.74) is 0.626. The van der Waals surface area contributed by atoms with Crippen LogP contribution in [0.2, 0.25) is 5.02 Å². The molecule has 3 heterocycles. The third-order valence-electron chi connectivity index (χ3n) is 7.88. The van der Waals surface area contributed by atoms with Gasteiger partial charge in [-0.1, -0.05) is 35.9 Å². The molecule has 6 rings (SSSR count). The van der Waals surface area contributed by atoms with Crippen molar-refractivity contribution in [1.29, 1.82) is 0 Å². The van der Waals surface area contributed by atoms with Crippen molar-refractivity contribution >= 4 is 45.2 Å². The summed E-state index contributed by atoms with van der Waals surface area (Å²) < 4.78 is 22.6. The maximum atomic E-state index is 16.5. The van der Waals surface area contributed by atoms with Crippen LogP contribution < -0.4 is 9.64 Å². The first-order chi connectivity index (χ1) is 19.3. The van der Waals surface area contributed by atoms with Crippen LogP contribution in [-0.2, 0) is 0 Å². The Morgan fingerprint density at radius 1 is 1.10 bits per heavy atom. The Morgan fingerprint density at radius 3 is 2.60 bits per heavy atom. The summed E-state index contributed by atoms with van der Waals surface area (Å²) in [6.07, 6.45) is 1.09. The highest BCUT2D eigenvalue weighted by molar-refractivity contribution is 6.35. The van der Waals surface area contributed by atoms with Gasteiger partial charge in [0.15, 0.2) is 5.82 Å². The molecule has 0 unspecified atom stereocenters. The fourth-order valence-corrected chi connectivity index (χ4v) is 5.98. The third-order valence-corrected chi connectivity index (χ3v) is 8.18. The van der Waals surface area contributed by atoms with Gasteiger partial charge in [0.05, 0.1) is 5.02 Å². The number of likely N-dealkylation sites (N-methyl/N-ethyl adjacent to an activating group) is 1. The number of anilines is 1. The molecule has 0 aliphatic carbocycles. The Bertz CT molecular complexity index is 1610. The molecule has 3 aromatic carbocycles. The number of hydrogen-bond acceptors (Lipinski definition) is 7. The molecule has 2 N–H and O–H groups in total. The lowest BCUT2D eigenvalue weighted by molar-refractivity contribution is 0.142. The van der Waals surface area contributed by atoms with E-state index in [1.54, 1.807) is 12.1 Å². The smallest absolute Gasteiger partial charge is 0.407 e. The molecule has 0 saturated carbocycles. The van der Waals surface area contributed by atoms with Crippen LogP contribution in [0, 0.1) is 5.82 Å². The molecule has 1 aromatic heterocycles. The predicted molar refractivity (Wildman–Crippen MR) is 152 cm³/mol. The summed E-state index contributed by atoms with van der Waals surface area (Å²) in [5.74, 6) is -0.208. The van der Waals surface area contributed by atoms with Crippen molar-refractivity contribution in [3.05, 3.63) is 53.3 Å². The summed E-state index contributed by atoms with van der Waals surface area (Å²) in [6, 6.07) is 12.4. The van der Waals surface area contributed by atoms with Crippen LogP contribution in [0.4, 0.5) is 15.0 Å². The lowest BCUT2D eigenvalue weighted by Crippen LogP contribution is -2.48. The van der Waals surface area contributed by atoms with Crippen molar-refractivity contribution in [2.45, 2.75) is 18.9 Å². The van der Waals surface area contributed by atoms with Crippen molar-refractivity contribution in [3.8, 4) is 22.9 Å². The van der Waals surface area contributed by atoms with Gasteiger partial charge in [-0.25, -0.2) is 9.18 Å². The number of hydrogen-bond donors (Lipinski definition) is 2.